The number of nitrogens with zero attached hydrogens (tertiary/aromatic N) is 1. The van der Waals surface area contributed by atoms with E-state index < -0.39 is 15.8 Å². The summed E-state index contributed by atoms with van der Waals surface area (Å²) in [4.78, 5) is 15.6. The quantitative estimate of drug-likeness (QED) is 0.516. The molecule has 7 heteroatoms. The van der Waals surface area contributed by atoms with Gasteiger partial charge in [-0.1, -0.05) is 60.7 Å². The van der Waals surface area contributed by atoms with E-state index in [1.54, 1.807) is 17.0 Å². The summed E-state index contributed by atoms with van der Waals surface area (Å²) in [6.45, 7) is 0.223. The van der Waals surface area contributed by atoms with Crippen LogP contribution in [0.1, 0.15) is 29.2 Å². The lowest BCUT2D eigenvalue weighted by Gasteiger charge is -2.31. The summed E-state index contributed by atoms with van der Waals surface area (Å²) in [7, 11) is -3.15. The Kier molecular flexibility index (Phi) is 6.11. The van der Waals surface area contributed by atoms with Crippen LogP contribution >= 0.6 is 15.9 Å². The molecule has 0 N–H and O–H groups in total. The van der Waals surface area contributed by atoms with Crippen LogP contribution in [0, 0.1) is 0 Å². The lowest BCUT2D eigenvalue weighted by atomic mass is 9.89. The van der Waals surface area contributed by atoms with Gasteiger partial charge < -0.3 is 9.32 Å². The second-order valence-corrected chi connectivity index (χ2v) is 10.5. The lowest BCUT2D eigenvalue weighted by Crippen LogP contribution is -2.43. The fraction of sp³-hybridized carbons (Fsp3) is 0.261. The first-order valence-electron chi connectivity index (χ1n) is 9.78. The van der Waals surface area contributed by atoms with Crippen LogP contribution in [-0.2, 0) is 21.2 Å². The van der Waals surface area contributed by atoms with Gasteiger partial charge in [-0.3, -0.25) is 4.79 Å². The summed E-state index contributed by atoms with van der Waals surface area (Å²) in [5.74, 6) is 0.0530. The smallest absolute Gasteiger partial charge is 0.235 e. The second kappa shape index (κ2) is 8.78. The summed E-state index contributed by atoms with van der Waals surface area (Å²) in [6, 6.07) is 22.4. The van der Waals surface area contributed by atoms with Crippen LogP contribution in [0.3, 0.4) is 0 Å². The van der Waals surface area contributed by atoms with Crippen molar-refractivity contribution in [3.8, 4) is 0 Å². The Morgan fingerprint density at radius 1 is 1.00 bits per heavy atom. The van der Waals surface area contributed by atoms with Crippen LogP contribution in [0.25, 0.3) is 0 Å². The Labute approximate surface area is 184 Å². The van der Waals surface area contributed by atoms with Crippen molar-refractivity contribution < 1.29 is 17.6 Å². The summed E-state index contributed by atoms with van der Waals surface area (Å²) >= 11 is 3.30. The number of amides is 1. The van der Waals surface area contributed by atoms with E-state index in [4.69, 9.17) is 4.42 Å². The first kappa shape index (κ1) is 20.9. The van der Waals surface area contributed by atoms with Crippen LogP contribution in [0.4, 0.5) is 0 Å². The van der Waals surface area contributed by atoms with Gasteiger partial charge in [-0.05, 0) is 45.6 Å². The van der Waals surface area contributed by atoms with Gasteiger partial charge in [-0.2, -0.15) is 0 Å². The molecule has 1 aliphatic heterocycles. The molecule has 0 radical (unpaired) electrons. The van der Waals surface area contributed by atoms with Crippen molar-refractivity contribution in [2.45, 2.75) is 24.9 Å². The zero-order valence-corrected chi connectivity index (χ0v) is 18.7. The minimum Gasteiger partial charge on any atom is -0.452 e. The highest BCUT2D eigenvalue weighted by atomic mass is 79.9. The number of sulfone groups is 1. The second-order valence-electron chi connectivity index (χ2n) is 7.48. The van der Waals surface area contributed by atoms with E-state index in [0.717, 1.165) is 11.1 Å². The molecule has 2 heterocycles. The van der Waals surface area contributed by atoms with Crippen LogP contribution in [0.2, 0.25) is 0 Å². The standard InChI is InChI=1S/C23H22BrNO4S/c24-21-12-11-20(29-21)15-25(19-13-14-30(27,28)16-19)23(26)22(17-7-3-1-4-8-17)18-9-5-2-6-10-18/h1-12,19,22H,13-16H2. The van der Waals surface area contributed by atoms with E-state index in [0.29, 0.717) is 16.9 Å². The third-order valence-electron chi connectivity index (χ3n) is 5.40. The number of benzene rings is 2. The molecule has 4 rings (SSSR count). The third kappa shape index (κ3) is 4.68. The zero-order chi connectivity index (χ0) is 21.1. The van der Waals surface area contributed by atoms with Crippen molar-refractivity contribution in [3.63, 3.8) is 0 Å². The largest absolute Gasteiger partial charge is 0.452 e. The van der Waals surface area contributed by atoms with Crippen molar-refractivity contribution >= 4 is 31.7 Å². The Morgan fingerprint density at radius 2 is 1.60 bits per heavy atom. The lowest BCUT2D eigenvalue weighted by molar-refractivity contribution is -0.134. The topological polar surface area (TPSA) is 67.6 Å². The molecule has 0 saturated carbocycles. The number of hydrogen-bond acceptors (Lipinski definition) is 4. The predicted octanol–water partition coefficient (Wildman–Crippen LogP) is 4.39. The van der Waals surface area contributed by atoms with Crippen molar-refractivity contribution in [1.29, 1.82) is 0 Å². The number of carbonyl (C=O) groups excluding carboxylic acids is 1. The number of carbonyl (C=O) groups is 1. The number of furan rings is 1. The van der Waals surface area contributed by atoms with E-state index in [1.165, 1.54) is 0 Å². The SMILES string of the molecule is O=C(C(c1ccccc1)c1ccccc1)N(Cc1ccc(Br)o1)C1CCS(=O)(=O)C1. The van der Waals surface area contributed by atoms with Gasteiger partial charge >= 0.3 is 0 Å². The molecular formula is C23H22BrNO4S. The van der Waals surface area contributed by atoms with Crippen LogP contribution in [-0.4, -0.2) is 36.8 Å². The van der Waals surface area contributed by atoms with Gasteiger partial charge in [0.1, 0.15) is 5.76 Å². The molecule has 0 spiro atoms. The van der Waals surface area contributed by atoms with Crippen molar-refractivity contribution in [2.24, 2.45) is 0 Å². The molecule has 156 valence electrons. The monoisotopic (exact) mass is 487 g/mol. The number of rotatable bonds is 6. The summed E-state index contributed by atoms with van der Waals surface area (Å²) in [5.41, 5.74) is 1.75. The highest BCUT2D eigenvalue weighted by Gasteiger charge is 2.38. The minimum absolute atomic E-state index is 0.0169. The fourth-order valence-electron chi connectivity index (χ4n) is 3.95. The van der Waals surface area contributed by atoms with E-state index >= 15 is 0 Å². The predicted molar refractivity (Wildman–Crippen MR) is 119 cm³/mol. The maximum Gasteiger partial charge on any atom is 0.235 e. The van der Waals surface area contributed by atoms with E-state index in [-0.39, 0.29) is 30.0 Å². The van der Waals surface area contributed by atoms with Crippen LogP contribution < -0.4 is 0 Å². The van der Waals surface area contributed by atoms with Gasteiger partial charge in [0.15, 0.2) is 14.5 Å². The first-order valence-corrected chi connectivity index (χ1v) is 12.4. The van der Waals surface area contributed by atoms with Gasteiger partial charge in [0, 0.05) is 6.04 Å². The van der Waals surface area contributed by atoms with E-state index in [1.807, 2.05) is 60.7 Å². The maximum atomic E-state index is 13.9. The van der Waals surface area contributed by atoms with Crippen molar-refractivity contribution in [2.75, 3.05) is 11.5 Å². The molecule has 2 aromatic carbocycles. The van der Waals surface area contributed by atoms with Crippen LogP contribution in [0.15, 0.2) is 81.9 Å². The van der Waals surface area contributed by atoms with Gasteiger partial charge in [-0.25, -0.2) is 8.42 Å². The first-order chi connectivity index (χ1) is 14.4. The molecule has 3 aromatic rings. The zero-order valence-electron chi connectivity index (χ0n) is 16.3. The van der Waals surface area contributed by atoms with Gasteiger partial charge in [0.05, 0.1) is 24.0 Å². The van der Waals surface area contributed by atoms with E-state index in [9.17, 15) is 13.2 Å². The summed E-state index contributed by atoms with van der Waals surface area (Å²) < 4.78 is 30.5. The van der Waals surface area contributed by atoms with E-state index in [2.05, 4.69) is 15.9 Å². The van der Waals surface area contributed by atoms with Gasteiger partial charge in [-0.15, -0.1) is 0 Å². The highest BCUT2D eigenvalue weighted by molar-refractivity contribution is 9.10. The molecule has 1 aliphatic rings. The molecule has 1 fully saturated rings. The Morgan fingerprint density at radius 3 is 2.07 bits per heavy atom. The number of hydrogen-bond donors (Lipinski definition) is 0. The molecule has 30 heavy (non-hydrogen) atoms. The third-order valence-corrected chi connectivity index (χ3v) is 7.58. The molecule has 0 aliphatic carbocycles. The average molecular weight is 488 g/mol. The minimum atomic E-state index is -3.15. The Balaban J connectivity index is 1.74. The normalized spacial score (nSPS) is 17.9. The molecule has 0 bridgehead atoms. The van der Waals surface area contributed by atoms with Crippen molar-refractivity contribution in [3.05, 3.63) is 94.4 Å². The molecular weight excluding hydrogens is 466 g/mol. The summed E-state index contributed by atoms with van der Waals surface area (Å²) in [5, 5.41) is 0. The van der Waals surface area contributed by atoms with Crippen LogP contribution in [0.5, 0.6) is 0 Å². The van der Waals surface area contributed by atoms with Gasteiger partial charge in [0.25, 0.3) is 0 Å². The molecule has 1 aromatic heterocycles. The fourth-order valence-corrected chi connectivity index (χ4v) is 6.02. The molecule has 1 unspecified atom stereocenters. The Bertz CT molecular complexity index is 1070. The van der Waals surface area contributed by atoms with Crippen molar-refractivity contribution in [1.82, 2.24) is 4.90 Å². The summed E-state index contributed by atoms with van der Waals surface area (Å²) in [6.07, 6.45) is 0.437. The molecule has 5 nitrogen and oxygen atoms in total. The number of halogens is 1. The Hall–Kier alpha value is -2.38. The molecule has 1 amide bonds. The average Bonchev–Trinajstić information content (AvgIpc) is 3.32. The van der Waals surface area contributed by atoms with Gasteiger partial charge in [0.2, 0.25) is 5.91 Å². The molecule has 1 atom stereocenters. The molecule has 1 saturated heterocycles. The highest BCUT2D eigenvalue weighted by Crippen LogP contribution is 2.31. The maximum absolute atomic E-state index is 13.9.